The standard InChI is InChI=1S/C14H22ClN3O2S/c1-14(2,16)11-17-7-9-18(10-8-17)21(19,20)13-6-4-3-5-12(13)15/h3-6H,7-11,16H2,1-2H3. The molecule has 1 aromatic rings. The number of halogens is 1. The molecule has 0 aromatic heterocycles. The Morgan fingerprint density at radius 1 is 1.19 bits per heavy atom. The number of nitrogens with two attached hydrogens (primary N) is 1. The van der Waals surface area contributed by atoms with Crippen molar-refractivity contribution in [3.8, 4) is 0 Å². The van der Waals surface area contributed by atoms with Crippen LogP contribution in [0.4, 0.5) is 0 Å². The Morgan fingerprint density at radius 3 is 2.29 bits per heavy atom. The SMILES string of the molecule is CC(C)(N)CN1CCN(S(=O)(=O)c2ccccc2Cl)CC1. The van der Waals surface area contributed by atoms with Crippen molar-refractivity contribution in [2.75, 3.05) is 32.7 Å². The van der Waals surface area contributed by atoms with Gasteiger partial charge in [0.15, 0.2) is 0 Å². The van der Waals surface area contributed by atoms with E-state index in [0.717, 1.165) is 6.54 Å². The van der Waals surface area contributed by atoms with E-state index < -0.39 is 10.0 Å². The van der Waals surface area contributed by atoms with Crippen LogP contribution in [-0.2, 0) is 10.0 Å². The molecule has 2 N–H and O–H groups in total. The van der Waals surface area contributed by atoms with E-state index >= 15 is 0 Å². The topological polar surface area (TPSA) is 66.6 Å². The van der Waals surface area contributed by atoms with Gasteiger partial charge in [-0.1, -0.05) is 23.7 Å². The van der Waals surface area contributed by atoms with Crippen molar-refractivity contribution in [2.24, 2.45) is 5.73 Å². The van der Waals surface area contributed by atoms with E-state index in [-0.39, 0.29) is 15.5 Å². The van der Waals surface area contributed by atoms with Crippen LogP contribution in [0, 0.1) is 0 Å². The van der Waals surface area contributed by atoms with Crippen LogP contribution in [0.1, 0.15) is 13.8 Å². The third-order valence-corrected chi connectivity index (χ3v) is 5.82. The van der Waals surface area contributed by atoms with Crippen LogP contribution >= 0.6 is 11.6 Å². The van der Waals surface area contributed by atoms with E-state index in [1.807, 2.05) is 13.8 Å². The molecule has 0 atom stereocenters. The van der Waals surface area contributed by atoms with E-state index in [4.69, 9.17) is 17.3 Å². The largest absolute Gasteiger partial charge is 0.324 e. The zero-order chi connectivity index (χ0) is 15.7. The van der Waals surface area contributed by atoms with Crippen molar-refractivity contribution < 1.29 is 8.42 Å². The summed E-state index contributed by atoms with van der Waals surface area (Å²) < 4.78 is 26.7. The predicted molar refractivity (Wildman–Crippen MR) is 84.9 cm³/mol. The molecule has 1 saturated heterocycles. The summed E-state index contributed by atoms with van der Waals surface area (Å²) in [5.74, 6) is 0. The lowest BCUT2D eigenvalue weighted by Crippen LogP contribution is -2.54. The molecule has 1 fully saturated rings. The van der Waals surface area contributed by atoms with E-state index in [2.05, 4.69) is 4.90 Å². The van der Waals surface area contributed by atoms with Crippen molar-refractivity contribution in [3.05, 3.63) is 29.3 Å². The predicted octanol–water partition coefficient (Wildman–Crippen LogP) is 1.38. The van der Waals surface area contributed by atoms with E-state index in [1.54, 1.807) is 24.3 Å². The van der Waals surface area contributed by atoms with Gasteiger partial charge in [0.25, 0.3) is 0 Å². The van der Waals surface area contributed by atoms with Gasteiger partial charge in [-0.25, -0.2) is 8.42 Å². The molecule has 0 amide bonds. The molecule has 0 spiro atoms. The van der Waals surface area contributed by atoms with Crippen LogP contribution in [0.25, 0.3) is 0 Å². The lowest BCUT2D eigenvalue weighted by molar-refractivity contribution is 0.162. The van der Waals surface area contributed by atoms with Crippen LogP contribution in [0.3, 0.4) is 0 Å². The van der Waals surface area contributed by atoms with Gasteiger partial charge in [-0.3, -0.25) is 4.90 Å². The summed E-state index contributed by atoms with van der Waals surface area (Å²) in [5.41, 5.74) is 5.73. The Balaban J connectivity index is 2.07. The first-order valence-corrected chi connectivity index (χ1v) is 8.78. The second-order valence-corrected chi connectivity index (χ2v) is 8.41. The van der Waals surface area contributed by atoms with Crippen molar-refractivity contribution in [1.82, 2.24) is 9.21 Å². The minimum absolute atomic E-state index is 0.180. The van der Waals surface area contributed by atoms with Gasteiger partial charge in [0.05, 0.1) is 5.02 Å². The normalized spacial score (nSPS) is 18.9. The van der Waals surface area contributed by atoms with Crippen molar-refractivity contribution in [2.45, 2.75) is 24.3 Å². The first-order chi connectivity index (χ1) is 9.70. The van der Waals surface area contributed by atoms with Crippen molar-refractivity contribution in [3.63, 3.8) is 0 Å². The number of nitrogens with zero attached hydrogens (tertiary/aromatic N) is 2. The van der Waals surface area contributed by atoms with Gasteiger partial charge in [0, 0.05) is 38.3 Å². The average molecular weight is 332 g/mol. The molecule has 7 heteroatoms. The second-order valence-electron chi connectivity index (χ2n) is 6.10. The summed E-state index contributed by atoms with van der Waals surface area (Å²) in [6.45, 7) is 6.99. The Bertz CT molecular complexity index is 590. The molecule has 0 radical (unpaired) electrons. The summed E-state index contributed by atoms with van der Waals surface area (Å²) in [6, 6.07) is 6.56. The fourth-order valence-electron chi connectivity index (χ4n) is 2.50. The van der Waals surface area contributed by atoms with Gasteiger partial charge in [-0.05, 0) is 26.0 Å². The molecule has 0 unspecified atom stereocenters. The number of benzene rings is 1. The van der Waals surface area contributed by atoms with Crippen LogP contribution in [-0.4, -0.2) is 55.9 Å². The Morgan fingerprint density at radius 2 is 1.76 bits per heavy atom. The number of piperazine rings is 1. The summed E-state index contributed by atoms with van der Waals surface area (Å²) in [5, 5.41) is 0.267. The van der Waals surface area contributed by atoms with E-state index in [9.17, 15) is 8.42 Å². The van der Waals surface area contributed by atoms with Crippen LogP contribution in [0.15, 0.2) is 29.2 Å². The molecule has 1 aliphatic rings. The molecule has 118 valence electrons. The molecular formula is C14H22ClN3O2S. The van der Waals surface area contributed by atoms with Gasteiger partial charge in [0.1, 0.15) is 4.90 Å². The van der Waals surface area contributed by atoms with Crippen LogP contribution in [0.2, 0.25) is 5.02 Å². The molecule has 5 nitrogen and oxygen atoms in total. The fourth-order valence-corrected chi connectivity index (χ4v) is 4.41. The zero-order valence-electron chi connectivity index (χ0n) is 12.4. The second kappa shape index (κ2) is 6.22. The van der Waals surface area contributed by atoms with Gasteiger partial charge < -0.3 is 5.73 Å². The number of rotatable bonds is 4. The van der Waals surface area contributed by atoms with E-state index in [0.29, 0.717) is 26.2 Å². The Hall–Kier alpha value is -0.660. The molecule has 2 rings (SSSR count). The number of hydrogen-bond acceptors (Lipinski definition) is 4. The number of hydrogen-bond donors (Lipinski definition) is 1. The molecule has 0 aliphatic carbocycles. The molecular weight excluding hydrogens is 310 g/mol. The van der Waals surface area contributed by atoms with Gasteiger partial charge >= 0.3 is 0 Å². The van der Waals surface area contributed by atoms with Crippen molar-refractivity contribution in [1.29, 1.82) is 0 Å². The van der Waals surface area contributed by atoms with Gasteiger partial charge in [0.2, 0.25) is 10.0 Å². The van der Waals surface area contributed by atoms with E-state index in [1.165, 1.54) is 4.31 Å². The molecule has 21 heavy (non-hydrogen) atoms. The molecule has 1 aliphatic heterocycles. The summed E-state index contributed by atoms with van der Waals surface area (Å²) in [4.78, 5) is 2.37. The summed E-state index contributed by atoms with van der Waals surface area (Å²) in [7, 11) is -3.52. The van der Waals surface area contributed by atoms with Gasteiger partial charge in [-0.15, -0.1) is 0 Å². The minimum Gasteiger partial charge on any atom is -0.324 e. The van der Waals surface area contributed by atoms with Crippen LogP contribution in [0.5, 0.6) is 0 Å². The lowest BCUT2D eigenvalue weighted by atomic mass is 10.1. The highest BCUT2D eigenvalue weighted by atomic mass is 35.5. The molecule has 1 aromatic carbocycles. The summed E-state index contributed by atoms with van der Waals surface area (Å²) in [6.07, 6.45) is 0. The fraction of sp³-hybridized carbons (Fsp3) is 0.571. The molecule has 0 saturated carbocycles. The highest BCUT2D eigenvalue weighted by Gasteiger charge is 2.30. The maximum atomic E-state index is 12.6. The molecule has 1 heterocycles. The first kappa shape index (κ1) is 16.7. The smallest absolute Gasteiger partial charge is 0.244 e. The maximum absolute atomic E-state index is 12.6. The quantitative estimate of drug-likeness (QED) is 0.905. The third kappa shape index (κ3) is 4.17. The number of sulfonamides is 1. The monoisotopic (exact) mass is 331 g/mol. The Kier molecular flexibility index (Phi) is 4.95. The summed E-state index contributed by atoms with van der Waals surface area (Å²) >= 11 is 6.01. The van der Waals surface area contributed by atoms with Crippen LogP contribution < -0.4 is 5.73 Å². The lowest BCUT2D eigenvalue weighted by Gasteiger charge is -2.37. The van der Waals surface area contributed by atoms with Crippen molar-refractivity contribution >= 4 is 21.6 Å². The molecule has 0 bridgehead atoms. The third-order valence-electron chi connectivity index (χ3n) is 3.42. The van der Waals surface area contributed by atoms with Gasteiger partial charge in [-0.2, -0.15) is 4.31 Å². The average Bonchev–Trinajstić information content (AvgIpc) is 2.37. The zero-order valence-corrected chi connectivity index (χ0v) is 14.0. The highest BCUT2D eigenvalue weighted by Crippen LogP contribution is 2.25. The first-order valence-electron chi connectivity index (χ1n) is 6.96. The highest BCUT2D eigenvalue weighted by molar-refractivity contribution is 7.89. The Labute approximate surface area is 131 Å². The maximum Gasteiger partial charge on any atom is 0.244 e. The minimum atomic E-state index is -3.52.